The van der Waals surface area contributed by atoms with Crippen LogP contribution >= 0.6 is 11.8 Å². The lowest BCUT2D eigenvalue weighted by atomic mass is 10.1. The molecule has 18 heavy (non-hydrogen) atoms. The highest BCUT2D eigenvalue weighted by molar-refractivity contribution is 7.98. The van der Waals surface area contributed by atoms with Gasteiger partial charge in [-0.15, -0.1) is 16.9 Å². The van der Waals surface area contributed by atoms with Crippen LogP contribution in [-0.2, 0) is 12.8 Å². The molecule has 0 aliphatic heterocycles. The van der Waals surface area contributed by atoms with Crippen molar-refractivity contribution >= 4 is 11.8 Å². The molecule has 0 radical (unpaired) electrons. The van der Waals surface area contributed by atoms with E-state index in [1.165, 1.54) is 11.1 Å². The van der Waals surface area contributed by atoms with Crippen LogP contribution in [0.1, 0.15) is 29.6 Å². The highest BCUT2D eigenvalue weighted by Gasteiger charge is 2.08. The summed E-state index contributed by atoms with van der Waals surface area (Å²) in [5.74, 6) is 0.812. The summed E-state index contributed by atoms with van der Waals surface area (Å²) in [6.45, 7) is 4.14. The number of rotatable bonds is 4. The lowest BCUT2D eigenvalue weighted by molar-refractivity contribution is 0.758. The van der Waals surface area contributed by atoms with Gasteiger partial charge in [-0.25, -0.2) is 4.98 Å². The van der Waals surface area contributed by atoms with E-state index in [4.69, 9.17) is 0 Å². The van der Waals surface area contributed by atoms with Gasteiger partial charge in [0.1, 0.15) is 5.03 Å². The predicted octanol–water partition coefficient (Wildman–Crippen LogP) is 3.06. The van der Waals surface area contributed by atoms with E-state index in [1.807, 2.05) is 13.2 Å². The van der Waals surface area contributed by atoms with Crippen LogP contribution in [0.15, 0.2) is 29.3 Å². The van der Waals surface area contributed by atoms with Crippen LogP contribution in [0, 0.1) is 6.92 Å². The van der Waals surface area contributed by atoms with Gasteiger partial charge >= 0.3 is 0 Å². The molecular weight excluding hydrogens is 242 g/mol. The van der Waals surface area contributed by atoms with Crippen molar-refractivity contribution in [2.45, 2.75) is 31.7 Å². The van der Waals surface area contributed by atoms with Gasteiger partial charge in [-0.2, -0.15) is 5.10 Å². The second-order valence-corrected chi connectivity index (χ2v) is 5.00. The summed E-state index contributed by atoms with van der Waals surface area (Å²) in [5.41, 5.74) is 3.49. The topological polar surface area (TPSA) is 38.7 Å². The summed E-state index contributed by atoms with van der Waals surface area (Å²) < 4.78 is 0. The third-order valence-electron chi connectivity index (χ3n) is 2.73. The van der Waals surface area contributed by atoms with Crippen molar-refractivity contribution in [1.29, 1.82) is 0 Å². The van der Waals surface area contributed by atoms with Crippen molar-refractivity contribution < 1.29 is 0 Å². The van der Waals surface area contributed by atoms with E-state index in [2.05, 4.69) is 46.4 Å². The fourth-order valence-electron chi connectivity index (χ4n) is 1.80. The highest BCUT2D eigenvalue weighted by Crippen LogP contribution is 2.19. The van der Waals surface area contributed by atoms with Gasteiger partial charge < -0.3 is 0 Å². The zero-order chi connectivity index (χ0) is 13.0. The highest BCUT2D eigenvalue weighted by atomic mass is 32.2. The van der Waals surface area contributed by atoms with Crippen molar-refractivity contribution in [2.24, 2.45) is 0 Å². The summed E-state index contributed by atoms with van der Waals surface area (Å²) in [4.78, 5) is 4.52. The summed E-state index contributed by atoms with van der Waals surface area (Å²) in [6.07, 6.45) is 3.65. The largest absolute Gasteiger partial charge is 0.223 e. The Morgan fingerprint density at radius 2 is 2.06 bits per heavy atom. The van der Waals surface area contributed by atoms with Crippen LogP contribution in [0.5, 0.6) is 0 Å². The van der Waals surface area contributed by atoms with Crippen molar-refractivity contribution in [3.63, 3.8) is 0 Å². The zero-order valence-electron chi connectivity index (χ0n) is 11.0. The number of aromatic nitrogens is 3. The minimum atomic E-state index is 0.793. The Hall–Kier alpha value is -1.42. The zero-order valence-corrected chi connectivity index (χ0v) is 11.8. The average Bonchev–Trinajstić information content (AvgIpc) is 2.39. The number of benzene rings is 1. The van der Waals surface area contributed by atoms with E-state index in [0.29, 0.717) is 0 Å². The molecule has 1 heterocycles. The Morgan fingerprint density at radius 3 is 2.72 bits per heavy atom. The first-order valence-electron chi connectivity index (χ1n) is 6.05. The van der Waals surface area contributed by atoms with Crippen molar-refractivity contribution in [3.8, 4) is 0 Å². The first kappa shape index (κ1) is 13.0. The second-order valence-electron chi connectivity index (χ2n) is 4.20. The molecule has 2 aromatic rings. The van der Waals surface area contributed by atoms with Gasteiger partial charge in [-0.3, -0.25) is 0 Å². The van der Waals surface area contributed by atoms with Gasteiger partial charge in [0.2, 0.25) is 0 Å². The molecule has 1 aromatic heterocycles. The Morgan fingerprint density at radius 1 is 1.22 bits per heavy atom. The summed E-state index contributed by atoms with van der Waals surface area (Å²) in [5, 5.41) is 9.45. The maximum absolute atomic E-state index is 4.52. The van der Waals surface area contributed by atoms with Gasteiger partial charge in [-0.05, 0) is 18.7 Å². The molecular formula is C14H17N3S. The third kappa shape index (κ3) is 3.07. The van der Waals surface area contributed by atoms with Crippen molar-refractivity contribution in [1.82, 2.24) is 15.2 Å². The molecule has 0 aliphatic rings. The van der Waals surface area contributed by atoms with Crippen LogP contribution in [0.25, 0.3) is 0 Å². The van der Waals surface area contributed by atoms with E-state index >= 15 is 0 Å². The Labute approximate surface area is 112 Å². The third-order valence-corrected chi connectivity index (χ3v) is 3.44. The maximum Gasteiger partial charge on any atom is 0.151 e. The van der Waals surface area contributed by atoms with Crippen LogP contribution in [-0.4, -0.2) is 21.4 Å². The fourth-order valence-corrected chi connectivity index (χ4v) is 2.35. The smallest absolute Gasteiger partial charge is 0.151 e. The molecule has 0 N–H and O–H groups in total. The predicted molar refractivity (Wildman–Crippen MR) is 75.0 cm³/mol. The number of aryl methyl sites for hydroxylation is 2. The molecule has 0 spiro atoms. The number of hydrogen-bond acceptors (Lipinski definition) is 4. The van der Waals surface area contributed by atoms with Crippen molar-refractivity contribution in [2.75, 3.05) is 6.26 Å². The standard InChI is InChI=1S/C14H17N3S/c1-4-13-15-14(18-3)12(16-17-13)9-11-7-5-6-10(2)8-11/h5-8H,4,9H2,1-3H3. The Kier molecular flexibility index (Phi) is 4.31. The number of hydrogen-bond donors (Lipinski definition) is 0. The van der Waals surface area contributed by atoms with Crippen LogP contribution in [0.2, 0.25) is 0 Å². The number of nitrogens with zero attached hydrogens (tertiary/aromatic N) is 3. The minimum absolute atomic E-state index is 0.793. The summed E-state index contributed by atoms with van der Waals surface area (Å²) in [6, 6.07) is 8.47. The average molecular weight is 259 g/mol. The molecule has 0 atom stereocenters. The number of thioether (sulfide) groups is 1. The van der Waals surface area contributed by atoms with Gasteiger partial charge in [-0.1, -0.05) is 36.8 Å². The molecule has 94 valence electrons. The molecule has 0 fully saturated rings. The van der Waals surface area contributed by atoms with E-state index in [-0.39, 0.29) is 0 Å². The molecule has 0 bridgehead atoms. The molecule has 1 aromatic carbocycles. The molecule has 0 unspecified atom stereocenters. The quantitative estimate of drug-likeness (QED) is 0.791. The lowest BCUT2D eigenvalue weighted by Gasteiger charge is -2.06. The molecule has 3 nitrogen and oxygen atoms in total. The van der Waals surface area contributed by atoms with E-state index in [9.17, 15) is 0 Å². The molecule has 0 saturated heterocycles. The SMILES string of the molecule is CCc1nnc(Cc2cccc(C)c2)c(SC)n1. The summed E-state index contributed by atoms with van der Waals surface area (Å²) in [7, 11) is 0. The fraction of sp³-hybridized carbons (Fsp3) is 0.357. The van der Waals surface area contributed by atoms with Gasteiger partial charge in [0, 0.05) is 12.8 Å². The van der Waals surface area contributed by atoms with Gasteiger partial charge in [0.05, 0.1) is 5.69 Å². The first-order chi connectivity index (χ1) is 8.72. The molecule has 0 saturated carbocycles. The normalized spacial score (nSPS) is 10.6. The summed E-state index contributed by atoms with van der Waals surface area (Å²) >= 11 is 1.63. The van der Waals surface area contributed by atoms with E-state index in [0.717, 1.165) is 29.4 Å². The first-order valence-corrected chi connectivity index (χ1v) is 7.27. The molecule has 4 heteroatoms. The van der Waals surface area contributed by atoms with Crippen molar-refractivity contribution in [3.05, 3.63) is 46.9 Å². The molecule has 0 amide bonds. The van der Waals surface area contributed by atoms with E-state index in [1.54, 1.807) is 11.8 Å². The van der Waals surface area contributed by atoms with Crippen LogP contribution in [0.3, 0.4) is 0 Å². The molecule has 2 rings (SSSR count). The van der Waals surface area contributed by atoms with Crippen LogP contribution < -0.4 is 0 Å². The minimum Gasteiger partial charge on any atom is -0.223 e. The maximum atomic E-state index is 4.52. The van der Waals surface area contributed by atoms with E-state index < -0.39 is 0 Å². The van der Waals surface area contributed by atoms with Gasteiger partial charge in [0.15, 0.2) is 5.82 Å². The van der Waals surface area contributed by atoms with Crippen LogP contribution in [0.4, 0.5) is 0 Å². The van der Waals surface area contributed by atoms with Gasteiger partial charge in [0.25, 0.3) is 0 Å². The Bertz CT molecular complexity index is 540. The Balaban J connectivity index is 2.28. The lowest BCUT2D eigenvalue weighted by Crippen LogP contribution is -2.04. The molecule has 0 aliphatic carbocycles. The second kappa shape index (κ2) is 5.96. The monoisotopic (exact) mass is 259 g/mol.